The highest BCUT2D eigenvalue weighted by Crippen LogP contribution is 2.27. The van der Waals surface area contributed by atoms with E-state index in [4.69, 9.17) is 15.4 Å². The second kappa shape index (κ2) is 8.55. The lowest BCUT2D eigenvalue weighted by molar-refractivity contribution is 0.130. The van der Waals surface area contributed by atoms with Gasteiger partial charge in [-0.15, -0.1) is 0 Å². The molecule has 1 aliphatic rings. The van der Waals surface area contributed by atoms with Crippen LogP contribution in [0.1, 0.15) is 37.7 Å². The zero-order valence-corrected chi connectivity index (χ0v) is 14.5. The molecule has 1 fully saturated rings. The normalized spacial score (nSPS) is 17.4. The average molecular weight is 360 g/mol. The molecule has 0 aromatic heterocycles. The van der Waals surface area contributed by atoms with Gasteiger partial charge >= 0.3 is 6.09 Å². The number of nitrogens with one attached hydrogen (secondary N) is 1. The van der Waals surface area contributed by atoms with Gasteiger partial charge < -0.3 is 10.1 Å². The lowest BCUT2D eigenvalue weighted by Crippen LogP contribution is -2.45. The molecule has 1 saturated carbocycles. The molecule has 2 rings (SSSR count). The zero-order valence-electron chi connectivity index (χ0n) is 12.9. The Balaban J connectivity index is 1.91. The van der Waals surface area contributed by atoms with Crippen LogP contribution in [0.25, 0.3) is 0 Å². The van der Waals surface area contributed by atoms with Gasteiger partial charge in [0.05, 0.1) is 11.8 Å². The summed E-state index contributed by atoms with van der Waals surface area (Å²) >= 11 is 0. The van der Waals surface area contributed by atoms with E-state index < -0.39 is 21.2 Å². The first kappa shape index (κ1) is 18.1. The second-order valence-electron chi connectivity index (χ2n) is 5.92. The van der Waals surface area contributed by atoms with Gasteiger partial charge in [0, 0.05) is 10.7 Å². The largest absolute Gasteiger partial charge is 0.445 e. The summed E-state index contributed by atoms with van der Waals surface area (Å²) in [6, 6.07) is 8.82. The molecule has 0 aliphatic heterocycles. The van der Waals surface area contributed by atoms with Crippen LogP contribution < -0.4 is 5.32 Å². The fourth-order valence-corrected chi connectivity index (χ4v) is 4.15. The van der Waals surface area contributed by atoms with Gasteiger partial charge in [0.1, 0.15) is 6.61 Å². The number of ether oxygens (including phenoxy) is 1. The summed E-state index contributed by atoms with van der Waals surface area (Å²) in [5, 5.41) is 2.69. The number of carbonyl (C=O) groups excluding carboxylic acids is 1. The molecule has 23 heavy (non-hydrogen) atoms. The molecule has 1 unspecified atom stereocenters. The topological polar surface area (TPSA) is 72.5 Å². The van der Waals surface area contributed by atoms with Gasteiger partial charge in [0.25, 0.3) is 0 Å². The third kappa shape index (κ3) is 6.79. The predicted octanol–water partition coefficient (Wildman–Crippen LogP) is 3.43. The maximum absolute atomic E-state index is 12.0. The van der Waals surface area contributed by atoms with Crippen LogP contribution in [-0.2, 0) is 20.4 Å². The van der Waals surface area contributed by atoms with E-state index in [1.165, 1.54) is 0 Å². The van der Waals surface area contributed by atoms with Crippen molar-refractivity contribution in [1.82, 2.24) is 5.32 Å². The van der Waals surface area contributed by atoms with Crippen LogP contribution in [0.15, 0.2) is 30.3 Å². The predicted molar refractivity (Wildman–Crippen MR) is 89.8 cm³/mol. The Morgan fingerprint density at radius 2 is 1.87 bits per heavy atom. The van der Waals surface area contributed by atoms with E-state index in [0.717, 1.165) is 37.7 Å². The Morgan fingerprint density at radius 3 is 2.48 bits per heavy atom. The number of benzene rings is 1. The number of amides is 1. The number of rotatable bonds is 6. The van der Waals surface area contributed by atoms with Crippen LogP contribution in [0.2, 0.25) is 0 Å². The van der Waals surface area contributed by atoms with E-state index in [9.17, 15) is 13.2 Å². The Kier molecular flexibility index (Phi) is 6.72. The summed E-state index contributed by atoms with van der Waals surface area (Å²) in [6.45, 7) is 0.150. The molecule has 0 heterocycles. The number of alkyl carbamates (subject to hydrolysis) is 1. The summed E-state index contributed by atoms with van der Waals surface area (Å²) in [7, 11) is 1.70. The molecule has 1 atom stereocenters. The quantitative estimate of drug-likeness (QED) is 0.790. The first-order valence-corrected chi connectivity index (χ1v) is 10.3. The molecule has 1 N–H and O–H groups in total. The van der Waals surface area contributed by atoms with Crippen LogP contribution in [-0.4, -0.2) is 26.3 Å². The van der Waals surface area contributed by atoms with E-state index in [1.807, 2.05) is 30.3 Å². The van der Waals surface area contributed by atoms with Gasteiger partial charge in [-0.25, -0.2) is 13.2 Å². The second-order valence-corrected chi connectivity index (χ2v) is 8.74. The summed E-state index contributed by atoms with van der Waals surface area (Å²) in [5.74, 6) is -0.138. The molecule has 7 heteroatoms. The molecule has 1 aliphatic carbocycles. The van der Waals surface area contributed by atoms with Crippen molar-refractivity contribution < 1.29 is 17.9 Å². The van der Waals surface area contributed by atoms with Gasteiger partial charge in [0.2, 0.25) is 9.05 Å². The van der Waals surface area contributed by atoms with Crippen molar-refractivity contribution in [2.24, 2.45) is 5.92 Å². The standard InChI is InChI=1S/C16H22ClNO4S/c17-23(20,21)12-15(14-9-5-2-6-10-14)18-16(19)22-11-13-7-3-1-4-8-13/h1,3-4,7-8,14-15H,2,5-6,9-12H2,(H,18,19). The minimum Gasteiger partial charge on any atom is -0.445 e. The minimum atomic E-state index is -3.68. The minimum absolute atomic E-state index is 0.126. The summed E-state index contributed by atoms with van der Waals surface area (Å²) in [5.41, 5.74) is 0.877. The fourth-order valence-electron chi connectivity index (χ4n) is 2.96. The van der Waals surface area contributed by atoms with Crippen LogP contribution in [0.4, 0.5) is 4.79 Å². The molecule has 0 bridgehead atoms. The Bertz CT molecular complexity index is 600. The van der Waals surface area contributed by atoms with Crippen molar-refractivity contribution in [2.45, 2.75) is 44.8 Å². The highest BCUT2D eigenvalue weighted by Gasteiger charge is 2.29. The van der Waals surface area contributed by atoms with Gasteiger partial charge in [-0.05, 0) is 24.3 Å². The maximum Gasteiger partial charge on any atom is 0.407 e. The molecule has 0 radical (unpaired) electrons. The van der Waals surface area contributed by atoms with E-state index in [-0.39, 0.29) is 18.3 Å². The number of hydrogen-bond acceptors (Lipinski definition) is 4. The molecule has 5 nitrogen and oxygen atoms in total. The zero-order chi connectivity index (χ0) is 16.7. The molecule has 1 aromatic rings. The van der Waals surface area contributed by atoms with Crippen molar-refractivity contribution in [1.29, 1.82) is 0 Å². The van der Waals surface area contributed by atoms with Crippen molar-refractivity contribution in [2.75, 3.05) is 5.75 Å². The molecular formula is C16H22ClNO4S. The lowest BCUT2D eigenvalue weighted by Gasteiger charge is -2.29. The van der Waals surface area contributed by atoms with Gasteiger partial charge in [-0.2, -0.15) is 0 Å². The van der Waals surface area contributed by atoms with E-state index in [0.29, 0.717) is 0 Å². The molecule has 0 saturated heterocycles. The van der Waals surface area contributed by atoms with E-state index in [2.05, 4.69) is 5.32 Å². The van der Waals surface area contributed by atoms with Gasteiger partial charge in [0.15, 0.2) is 0 Å². The SMILES string of the molecule is O=C(NC(CS(=O)(=O)Cl)C1CCCCC1)OCc1ccccc1. The van der Waals surface area contributed by atoms with Gasteiger partial charge in [-0.1, -0.05) is 49.6 Å². The molecule has 128 valence electrons. The fraction of sp³-hybridized carbons (Fsp3) is 0.562. The Morgan fingerprint density at radius 1 is 1.22 bits per heavy atom. The van der Waals surface area contributed by atoms with Crippen LogP contribution in [0.3, 0.4) is 0 Å². The van der Waals surface area contributed by atoms with Crippen LogP contribution in [0, 0.1) is 5.92 Å². The Hall–Kier alpha value is -1.27. The first-order chi connectivity index (χ1) is 10.9. The van der Waals surface area contributed by atoms with Crippen molar-refractivity contribution >= 4 is 25.8 Å². The summed E-state index contributed by atoms with van der Waals surface area (Å²) < 4.78 is 28.0. The Labute approximate surface area is 141 Å². The third-order valence-corrected chi connectivity index (χ3v) is 5.25. The number of hydrogen-bond donors (Lipinski definition) is 1. The summed E-state index contributed by atoms with van der Waals surface area (Å²) in [6.07, 6.45) is 4.43. The molecule has 1 aromatic carbocycles. The maximum atomic E-state index is 12.0. The average Bonchev–Trinajstić information content (AvgIpc) is 2.53. The lowest BCUT2D eigenvalue weighted by atomic mass is 9.84. The molecule has 1 amide bonds. The number of carbonyl (C=O) groups is 1. The van der Waals surface area contributed by atoms with Crippen molar-refractivity contribution in [3.63, 3.8) is 0 Å². The van der Waals surface area contributed by atoms with Crippen LogP contribution in [0.5, 0.6) is 0 Å². The first-order valence-electron chi connectivity index (χ1n) is 7.83. The van der Waals surface area contributed by atoms with E-state index in [1.54, 1.807) is 0 Å². The number of halogens is 1. The summed E-state index contributed by atoms with van der Waals surface area (Å²) in [4.78, 5) is 12.0. The van der Waals surface area contributed by atoms with E-state index >= 15 is 0 Å². The smallest absolute Gasteiger partial charge is 0.407 e. The highest BCUT2D eigenvalue weighted by atomic mass is 35.7. The van der Waals surface area contributed by atoms with Crippen molar-refractivity contribution in [3.8, 4) is 0 Å². The monoisotopic (exact) mass is 359 g/mol. The molecule has 0 spiro atoms. The highest BCUT2D eigenvalue weighted by molar-refractivity contribution is 8.13. The van der Waals surface area contributed by atoms with Crippen LogP contribution >= 0.6 is 10.7 Å². The van der Waals surface area contributed by atoms with Crippen molar-refractivity contribution in [3.05, 3.63) is 35.9 Å². The third-order valence-electron chi connectivity index (χ3n) is 4.11. The molecular weight excluding hydrogens is 338 g/mol. The van der Waals surface area contributed by atoms with Gasteiger partial charge in [-0.3, -0.25) is 0 Å².